The lowest BCUT2D eigenvalue weighted by atomic mass is 9.82. The Labute approximate surface area is 183 Å². The molecule has 1 aromatic heterocycles. The molecule has 2 nitrogen and oxygen atoms in total. The van der Waals surface area contributed by atoms with Gasteiger partial charge < -0.3 is 5.11 Å². The third-order valence-electron chi connectivity index (χ3n) is 5.82. The second kappa shape index (κ2) is 11.6. The van der Waals surface area contributed by atoms with Gasteiger partial charge in [-0.2, -0.15) is 0 Å². The maximum atomic E-state index is 13.7. The van der Waals surface area contributed by atoms with Crippen LogP contribution in [-0.4, -0.2) is 10.1 Å². The number of benzene rings is 1. The van der Waals surface area contributed by atoms with Gasteiger partial charge in [0.2, 0.25) is 0 Å². The maximum Gasteiger partial charge on any atom is 0.123 e. The summed E-state index contributed by atoms with van der Waals surface area (Å²) in [5, 5.41) is 11.3. The van der Waals surface area contributed by atoms with Crippen molar-refractivity contribution >= 4 is 0 Å². The second-order valence-corrected chi connectivity index (χ2v) is 9.08. The van der Waals surface area contributed by atoms with Crippen LogP contribution in [0.3, 0.4) is 0 Å². The van der Waals surface area contributed by atoms with E-state index in [1.807, 2.05) is 12.1 Å². The molecular weight excluding hydrogens is 373 g/mol. The molecule has 0 saturated carbocycles. The molecule has 0 radical (unpaired) electrons. The smallest absolute Gasteiger partial charge is 0.123 e. The van der Waals surface area contributed by atoms with Crippen molar-refractivity contribution in [3.63, 3.8) is 0 Å². The number of halogens is 1. The number of pyridine rings is 1. The van der Waals surface area contributed by atoms with E-state index in [2.05, 4.69) is 41.5 Å². The molecule has 0 saturated heterocycles. The Hall–Kier alpha value is -1.74. The predicted molar refractivity (Wildman–Crippen MR) is 126 cm³/mol. The molecule has 0 bridgehead atoms. The quantitative estimate of drug-likeness (QED) is 0.378. The van der Waals surface area contributed by atoms with E-state index >= 15 is 0 Å². The van der Waals surface area contributed by atoms with Gasteiger partial charge in [-0.1, -0.05) is 79.4 Å². The van der Waals surface area contributed by atoms with Crippen LogP contribution >= 0.6 is 0 Å². The van der Waals surface area contributed by atoms with Crippen molar-refractivity contribution in [2.75, 3.05) is 0 Å². The average Bonchev–Trinajstić information content (AvgIpc) is 2.71. The zero-order chi connectivity index (χ0) is 22.3. The van der Waals surface area contributed by atoms with Gasteiger partial charge >= 0.3 is 0 Å². The molecule has 3 heteroatoms. The third kappa shape index (κ3) is 5.91. The molecule has 0 amide bonds. The van der Waals surface area contributed by atoms with Gasteiger partial charge in [-0.3, -0.25) is 4.98 Å². The molecule has 2 aromatic rings. The minimum Gasteiger partial charge on any atom is -0.388 e. The van der Waals surface area contributed by atoms with Gasteiger partial charge in [-0.25, -0.2) is 4.39 Å². The highest BCUT2D eigenvalue weighted by Crippen LogP contribution is 2.41. The molecule has 1 heterocycles. The highest BCUT2D eigenvalue weighted by Gasteiger charge is 2.27. The third-order valence-corrected chi connectivity index (χ3v) is 5.82. The molecular formula is C27H40FNO. The minimum atomic E-state index is -0.555. The zero-order valence-corrected chi connectivity index (χ0v) is 19.8. The number of aromatic nitrogens is 1. The summed E-state index contributed by atoms with van der Waals surface area (Å²) < 4.78 is 13.7. The van der Waals surface area contributed by atoms with E-state index in [0.717, 1.165) is 66.6 Å². The summed E-state index contributed by atoms with van der Waals surface area (Å²) in [6, 6.07) is 6.77. The number of hydrogen-bond donors (Lipinski definition) is 1. The van der Waals surface area contributed by atoms with Crippen LogP contribution in [0.5, 0.6) is 0 Å². The Morgan fingerprint density at radius 3 is 2.00 bits per heavy atom. The van der Waals surface area contributed by atoms with E-state index in [0.29, 0.717) is 5.92 Å². The summed E-state index contributed by atoms with van der Waals surface area (Å²) in [5.41, 5.74) is 6.39. The van der Waals surface area contributed by atoms with Crippen molar-refractivity contribution < 1.29 is 9.50 Å². The molecule has 0 aliphatic heterocycles. The first-order valence-corrected chi connectivity index (χ1v) is 11.8. The summed E-state index contributed by atoms with van der Waals surface area (Å²) in [7, 11) is 0. The molecule has 0 aliphatic rings. The first-order valence-electron chi connectivity index (χ1n) is 11.8. The zero-order valence-electron chi connectivity index (χ0n) is 19.8. The topological polar surface area (TPSA) is 33.1 Å². The highest BCUT2D eigenvalue weighted by molar-refractivity contribution is 5.74. The number of unbranched alkanes of at least 4 members (excludes halogenated alkanes) is 3. The lowest BCUT2D eigenvalue weighted by Crippen LogP contribution is -2.15. The molecule has 166 valence electrons. The van der Waals surface area contributed by atoms with Crippen molar-refractivity contribution in [3.05, 3.63) is 52.6 Å². The molecule has 0 spiro atoms. The number of hydrogen-bond acceptors (Lipinski definition) is 2. The van der Waals surface area contributed by atoms with Crippen LogP contribution in [0, 0.1) is 5.82 Å². The van der Waals surface area contributed by atoms with Crippen LogP contribution in [0.4, 0.5) is 4.39 Å². The Morgan fingerprint density at radius 1 is 0.867 bits per heavy atom. The first-order chi connectivity index (χ1) is 14.3. The van der Waals surface area contributed by atoms with E-state index in [1.165, 1.54) is 24.1 Å². The molecule has 0 fully saturated rings. The van der Waals surface area contributed by atoms with E-state index in [1.54, 1.807) is 0 Å². The summed E-state index contributed by atoms with van der Waals surface area (Å²) in [4.78, 5) is 5.15. The number of aliphatic hydroxyl groups excluding tert-OH is 1. The van der Waals surface area contributed by atoms with Crippen LogP contribution in [0.2, 0.25) is 0 Å². The Morgan fingerprint density at radius 2 is 1.47 bits per heavy atom. The van der Waals surface area contributed by atoms with Gasteiger partial charge in [0.15, 0.2) is 0 Å². The fourth-order valence-electron chi connectivity index (χ4n) is 4.22. The Bertz CT molecular complexity index is 796. The average molecular weight is 414 g/mol. The van der Waals surface area contributed by atoms with E-state index < -0.39 is 6.10 Å². The maximum absolute atomic E-state index is 13.7. The van der Waals surface area contributed by atoms with Gasteiger partial charge in [0.25, 0.3) is 0 Å². The van der Waals surface area contributed by atoms with Gasteiger partial charge in [-0.05, 0) is 59.9 Å². The number of rotatable bonds is 11. The number of aliphatic hydroxyl groups is 1. The second-order valence-electron chi connectivity index (χ2n) is 9.08. The standard InChI is InChI=1S/C27H40FNO/c1-7-9-11-12-22-24(20-14-16-21(28)17-15-20)25(23(30)13-10-8-2)27(19(5)6)29-26(22)18(3)4/h14-19,23,30H,7-13H2,1-6H3. The van der Waals surface area contributed by atoms with Crippen molar-refractivity contribution in [3.8, 4) is 11.1 Å². The fraction of sp³-hybridized carbons (Fsp3) is 0.593. The minimum absolute atomic E-state index is 0.206. The molecule has 1 aromatic carbocycles. The Balaban J connectivity index is 2.83. The Kier molecular flexibility index (Phi) is 9.48. The number of nitrogens with zero attached hydrogens (tertiary/aromatic N) is 1. The largest absolute Gasteiger partial charge is 0.388 e. The van der Waals surface area contributed by atoms with Crippen LogP contribution in [0.15, 0.2) is 24.3 Å². The van der Waals surface area contributed by atoms with E-state index in [4.69, 9.17) is 4.98 Å². The van der Waals surface area contributed by atoms with Crippen LogP contribution < -0.4 is 0 Å². The molecule has 30 heavy (non-hydrogen) atoms. The van der Waals surface area contributed by atoms with Crippen molar-refractivity contribution in [1.82, 2.24) is 4.98 Å². The molecule has 1 N–H and O–H groups in total. The lowest BCUT2D eigenvalue weighted by Gasteiger charge is -2.27. The summed E-state index contributed by atoms with van der Waals surface area (Å²) >= 11 is 0. The van der Waals surface area contributed by atoms with Crippen LogP contribution in [0.25, 0.3) is 11.1 Å². The molecule has 0 aliphatic carbocycles. The molecule has 1 unspecified atom stereocenters. The summed E-state index contributed by atoms with van der Waals surface area (Å²) in [5.74, 6) is 0.263. The van der Waals surface area contributed by atoms with Crippen LogP contribution in [0.1, 0.15) is 121 Å². The van der Waals surface area contributed by atoms with Crippen molar-refractivity contribution in [2.45, 2.75) is 104 Å². The van der Waals surface area contributed by atoms with Crippen molar-refractivity contribution in [2.24, 2.45) is 0 Å². The van der Waals surface area contributed by atoms with Crippen LogP contribution in [-0.2, 0) is 6.42 Å². The molecule has 1 atom stereocenters. The fourth-order valence-corrected chi connectivity index (χ4v) is 4.22. The summed E-state index contributed by atoms with van der Waals surface area (Å²) in [6.07, 6.45) is 6.54. The lowest BCUT2D eigenvalue weighted by molar-refractivity contribution is 0.162. The predicted octanol–water partition coefficient (Wildman–Crippen LogP) is 8.09. The highest BCUT2D eigenvalue weighted by atomic mass is 19.1. The monoisotopic (exact) mass is 413 g/mol. The van der Waals surface area contributed by atoms with Gasteiger partial charge in [0.05, 0.1) is 6.10 Å². The van der Waals surface area contributed by atoms with Gasteiger partial charge in [-0.15, -0.1) is 0 Å². The van der Waals surface area contributed by atoms with Gasteiger partial charge in [0, 0.05) is 17.0 Å². The first kappa shape index (κ1) is 24.5. The normalized spacial score (nSPS) is 12.7. The molecule has 2 rings (SSSR count). The SMILES string of the molecule is CCCCCc1c(C(C)C)nc(C(C)C)c(C(O)CCCC)c1-c1ccc(F)cc1. The summed E-state index contributed by atoms with van der Waals surface area (Å²) in [6.45, 7) is 13.0. The van der Waals surface area contributed by atoms with Crippen molar-refractivity contribution in [1.29, 1.82) is 0 Å². The van der Waals surface area contributed by atoms with Gasteiger partial charge in [0.1, 0.15) is 5.82 Å². The van der Waals surface area contributed by atoms with E-state index in [9.17, 15) is 9.50 Å². The van der Waals surface area contributed by atoms with E-state index in [-0.39, 0.29) is 11.7 Å².